The minimum Gasteiger partial charge on any atom is -0.490 e. The molecule has 0 radical (unpaired) electrons. The Morgan fingerprint density at radius 2 is 2.05 bits per heavy atom. The summed E-state index contributed by atoms with van der Waals surface area (Å²) in [5.74, 6) is 0.669. The number of thiocarbonyl (C=S) groups is 1. The van der Waals surface area contributed by atoms with Gasteiger partial charge in [0.05, 0.1) is 12.2 Å². The molecule has 0 aliphatic heterocycles. The van der Waals surface area contributed by atoms with Gasteiger partial charge in [-0.2, -0.15) is 0 Å². The molecule has 0 heterocycles. The number of hydrogen-bond acceptors (Lipinski definition) is 4. The van der Waals surface area contributed by atoms with Crippen LogP contribution in [-0.4, -0.2) is 38.5 Å². The molecule has 1 rings (SSSR count). The molecular formula is C13H18BrNO3S. The number of benzene rings is 1. The first-order chi connectivity index (χ1) is 9.15. The first-order valence-electron chi connectivity index (χ1n) is 5.94. The average molecular weight is 348 g/mol. The van der Waals surface area contributed by atoms with E-state index in [9.17, 15) is 0 Å². The highest BCUT2D eigenvalue weighted by molar-refractivity contribution is 9.10. The van der Waals surface area contributed by atoms with Crippen molar-refractivity contribution < 1.29 is 14.2 Å². The van der Waals surface area contributed by atoms with Gasteiger partial charge in [0.25, 0.3) is 0 Å². The predicted molar refractivity (Wildman–Crippen MR) is 82.8 cm³/mol. The van der Waals surface area contributed by atoms with Crippen molar-refractivity contribution in [3.05, 3.63) is 28.2 Å². The largest absolute Gasteiger partial charge is 0.490 e. The SMILES string of the molecule is COCCCOCCOc1cc(Br)ccc1C(N)=S. The zero-order valence-corrected chi connectivity index (χ0v) is 13.3. The van der Waals surface area contributed by atoms with Crippen LogP contribution in [0.2, 0.25) is 0 Å². The van der Waals surface area contributed by atoms with Gasteiger partial charge in [-0.3, -0.25) is 0 Å². The number of nitrogens with two attached hydrogens (primary N) is 1. The fraction of sp³-hybridized carbons (Fsp3) is 0.462. The molecule has 0 spiro atoms. The summed E-state index contributed by atoms with van der Waals surface area (Å²) in [4.78, 5) is 0.323. The third-order valence-corrected chi connectivity index (χ3v) is 3.04. The molecule has 1 aromatic carbocycles. The molecule has 2 N–H and O–H groups in total. The van der Waals surface area contributed by atoms with E-state index in [-0.39, 0.29) is 0 Å². The average Bonchev–Trinajstić information content (AvgIpc) is 2.37. The summed E-state index contributed by atoms with van der Waals surface area (Å²) >= 11 is 8.37. The van der Waals surface area contributed by atoms with E-state index in [4.69, 9.17) is 32.2 Å². The molecule has 0 aromatic heterocycles. The van der Waals surface area contributed by atoms with Gasteiger partial charge >= 0.3 is 0 Å². The van der Waals surface area contributed by atoms with E-state index in [1.807, 2.05) is 18.2 Å². The minimum absolute atomic E-state index is 0.323. The maximum absolute atomic E-state index is 5.64. The maximum atomic E-state index is 5.64. The summed E-state index contributed by atoms with van der Waals surface area (Å²) in [6.07, 6.45) is 0.880. The lowest BCUT2D eigenvalue weighted by Crippen LogP contribution is -2.14. The van der Waals surface area contributed by atoms with Crippen LogP contribution in [0.5, 0.6) is 5.75 Å². The van der Waals surface area contributed by atoms with Crippen molar-refractivity contribution >= 4 is 33.1 Å². The molecule has 0 bridgehead atoms. The minimum atomic E-state index is 0.323. The second kappa shape index (κ2) is 9.25. The summed E-state index contributed by atoms with van der Waals surface area (Å²) in [5, 5.41) is 0. The quantitative estimate of drug-likeness (QED) is 0.549. The molecule has 0 aliphatic rings. The lowest BCUT2D eigenvalue weighted by atomic mass is 10.2. The molecule has 4 nitrogen and oxygen atoms in total. The smallest absolute Gasteiger partial charge is 0.130 e. The molecule has 0 saturated carbocycles. The Morgan fingerprint density at radius 3 is 2.74 bits per heavy atom. The first kappa shape index (κ1) is 16.4. The van der Waals surface area contributed by atoms with Gasteiger partial charge in [-0.25, -0.2) is 0 Å². The monoisotopic (exact) mass is 347 g/mol. The van der Waals surface area contributed by atoms with Gasteiger partial charge in [-0.05, 0) is 24.6 Å². The highest BCUT2D eigenvalue weighted by Gasteiger charge is 2.07. The molecule has 19 heavy (non-hydrogen) atoms. The van der Waals surface area contributed by atoms with Crippen LogP contribution in [0.15, 0.2) is 22.7 Å². The van der Waals surface area contributed by atoms with E-state index in [0.717, 1.165) is 16.5 Å². The Kier molecular flexibility index (Phi) is 7.97. The summed E-state index contributed by atoms with van der Waals surface area (Å²) in [6.45, 7) is 2.35. The second-order valence-electron chi connectivity index (χ2n) is 3.81. The van der Waals surface area contributed by atoms with Gasteiger partial charge in [-0.15, -0.1) is 0 Å². The number of hydrogen-bond donors (Lipinski definition) is 1. The van der Waals surface area contributed by atoms with E-state index in [0.29, 0.717) is 37.2 Å². The second-order valence-corrected chi connectivity index (χ2v) is 5.17. The Labute approximate surface area is 127 Å². The zero-order valence-electron chi connectivity index (χ0n) is 10.9. The van der Waals surface area contributed by atoms with Crippen molar-refractivity contribution in [1.29, 1.82) is 0 Å². The Bertz CT molecular complexity index is 415. The lowest BCUT2D eigenvalue weighted by Gasteiger charge is -2.11. The summed E-state index contributed by atoms with van der Waals surface area (Å²) in [7, 11) is 1.67. The van der Waals surface area contributed by atoms with Crippen molar-refractivity contribution in [3.8, 4) is 5.75 Å². The lowest BCUT2D eigenvalue weighted by molar-refractivity contribution is 0.0806. The predicted octanol–water partition coefficient (Wildman–Crippen LogP) is 2.52. The van der Waals surface area contributed by atoms with Crippen molar-refractivity contribution in [3.63, 3.8) is 0 Å². The maximum Gasteiger partial charge on any atom is 0.130 e. The van der Waals surface area contributed by atoms with Crippen LogP contribution in [0.1, 0.15) is 12.0 Å². The van der Waals surface area contributed by atoms with Crippen LogP contribution in [0.3, 0.4) is 0 Å². The topological polar surface area (TPSA) is 53.7 Å². The van der Waals surface area contributed by atoms with Crippen molar-refractivity contribution in [2.75, 3.05) is 33.5 Å². The van der Waals surface area contributed by atoms with Crippen LogP contribution in [-0.2, 0) is 9.47 Å². The van der Waals surface area contributed by atoms with E-state index in [2.05, 4.69) is 15.9 Å². The van der Waals surface area contributed by atoms with E-state index in [1.165, 1.54) is 0 Å². The normalized spacial score (nSPS) is 10.4. The molecule has 0 fully saturated rings. The van der Waals surface area contributed by atoms with Gasteiger partial charge in [0.2, 0.25) is 0 Å². The van der Waals surface area contributed by atoms with Crippen LogP contribution in [0.4, 0.5) is 0 Å². The zero-order chi connectivity index (χ0) is 14.1. The van der Waals surface area contributed by atoms with Gasteiger partial charge in [-0.1, -0.05) is 28.1 Å². The van der Waals surface area contributed by atoms with Crippen LogP contribution < -0.4 is 10.5 Å². The fourth-order valence-corrected chi connectivity index (χ4v) is 1.95. The molecule has 0 amide bonds. The van der Waals surface area contributed by atoms with Crippen LogP contribution >= 0.6 is 28.1 Å². The molecule has 0 aliphatic carbocycles. The van der Waals surface area contributed by atoms with E-state index in [1.54, 1.807) is 7.11 Å². The molecule has 106 valence electrons. The van der Waals surface area contributed by atoms with Gasteiger partial charge in [0.15, 0.2) is 0 Å². The van der Waals surface area contributed by atoms with E-state index < -0.39 is 0 Å². The number of halogens is 1. The van der Waals surface area contributed by atoms with Gasteiger partial charge in [0, 0.05) is 24.8 Å². The van der Waals surface area contributed by atoms with E-state index >= 15 is 0 Å². The van der Waals surface area contributed by atoms with Crippen molar-refractivity contribution in [2.45, 2.75) is 6.42 Å². The summed E-state index contributed by atoms with van der Waals surface area (Å²) in [5.41, 5.74) is 6.37. The summed E-state index contributed by atoms with van der Waals surface area (Å²) in [6, 6.07) is 5.56. The molecule has 0 unspecified atom stereocenters. The first-order valence-corrected chi connectivity index (χ1v) is 7.14. The number of rotatable bonds is 9. The molecule has 0 atom stereocenters. The fourth-order valence-electron chi connectivity index (χ4n) is 1.44. The molecule has 6 heteroatoms. The summed E-state index contributed by atoms with van der Waals surface area (Å²) < 4.78 is 16.9. The highest BCUT2D eigenvalue weighted by Crippen LogP contribution is 2.23. The Morgan fingerprint density at radius 1 is 1.26 bits per heavy atom. The molecular weight excluding hydrogens is 330 g/mol. The van der Waals surface area contributed by atoms with Gasteiger partial charge in [0.1, 0.15) is 17.3 Å². The molecule has 0 saturated heterocycles. The van der Waals surface area contributed by atoms with Crippen LogP contribution in [0.25, 0.3) is 0 Å². The third-order valence-electron chi connectivity index (χ3n) is 2.33. The van der Waals surface area contributed by atoms with Gasteiger partial charge < -0.3 is 19.9 Å². The number of methoxy groups -OCH3 is 1. The Hall–Kier alpha value is -0.690. The van der Waals surface area contributed by atoms with Crippen molar-refractivity contribution in [1.82, 2.24) is 0 Å². The number of ether oxygens (including phenoxy) is 3. The highest BCUT2D eigenvalue weighted by atomic mass is 79.9. The molecule has 1 aromatic rings. The van der Waals surface area contributed by atoms with Crippen LogP contribution in [0, 0.1) is 0 Å². The van der Waals surface area contributed by atoms with Crippen molar-refractivity contribution in [2.24, 2.45) is 5.73 Å². The standard InChI is InChI=1S/C13H18BrNO3S/c1-16-5-2-6-17-7-8-18-12-9-10(14)3-4-11(12)13(15)19/h3-4,9H,2,5-8H2,1H3,(H2,15,19). The Balaban J connectivity index is 2.36. The third kappa shape index (κ3) is 6.33.